The molecule has 8 nitrogen and oxygen atoms in total. The lowest BCUT2D eigenvalue weighted by molar-refractivity contribution is 1.16. The van der Waals surface area contributed by atoms with E-state index in [1.807, 2.05) is 48.5 Å². The van der Waals surface area contributed by atoms with E-state index in [-0.39, 0.29) is 0 Å². The van der Waals surface area contributed by atoms with E-state index in [1.165, 1.54) is 115 Å². The highest BCUT2D eigenvalue weighted by Crippen LogP contribution is 2.44. The second-order valence-corrected chi connectivity index (χ2v) is 31.2. The fourth-order valence-electron chi connectivity index (χ4n) is 18.2. The Balaban J connectivity index is 0.000000142. The zero-order valence-corrected chi connectivity index (χ0v) is 66.3. The quantitative estimate of drug-likeness (QED) is 0.115. The monoisotopic (exact) mass is 1550 g/mol. The molecule has 0 aliphatic carbocycles. The van der Waals surface area contributed by atoms with Crippen LogP contribution in [0.1, 0.15) is 0 Å². The summed E-state index contributed by atoms with van der Waals surface area (Å²) in [6.45, 7) is 0. The van der Waals surface area contributed by atoms with E-state index in [0.29, 0.717) is 11.6 Å². The lowest BCUT2D eigenvalue weighted by atomic mass is 10.0. The Hall–Kier alpha value is -16.4. The Morgan fingerprint density at radius 2 is 0.402 bits per heavy atom. The number of hydrogen-bond donors (Lipinski definition) is 0. The highest BCUT2D eigenvalue weighted by Gasteiger charge is 2.22. The van der Waals surface area contributed by atoms with E-state index in [1.54, 1.807) is 0 Å². The average molecular weight is 1560 g/mol. The number of para-hydroxylation sites is 4. The summed E-state index contributed by atoms with van der Waals surface area (Å²) in [4.78, 5) is 20.3. The van der Waals surface area contributed by atoms with Gasteiger partial charge in [0.1, 0.15) is 0 Å². The Kier molecular flexibility index (Phi) is 17.4. The lowest BCUT2D eigenvalue weighted by Crippen LogP contribution is -1.97. The van der Waals surface area contributed by atoms with Gasteiger partial charge in [-0.15, -0.1) is 0 Å². The summed E-state index contributed by atoms with van der Waals surface area (Å²) in [5.41, 5.74) is 30.8. The summed E-state index contributed by atoms with van der Waals surface area (Å²) in [6, 6.07) is 160. The van der Waals surface area contributed by atoms with Crippen molar-refractivity contribution in [1.29, 1.82) is 0 Å². The van der Waals surface area contributed by atoms with Crippen molar-refractivity contribution < 1.29 is 0 Å². The van der Waals surface area contributed by atoms with Crippen molar-refractivity contribution in [2.24, 2.45) is 0 Å². The molecule has 0 radical (unpaired) electrons. The van der Waals surface area contributed by atoms with Crippen LogP contribution in [0.3, 0.4) is 0 Å². The summed E-state index contributed by atoms with van der Waals surface area (Å²) in [5.74, 6) is 1.40. The minimum absolute atomic E-state index is 0.698. The topological polar surface area (TPSA) is 71.3 Å². The van der Waals surface area contributed by atoms with E-state index in [2.05, 4.69) is 419 Å². The second kappa shape index (κ2) is 29.9. The predicted octanol–water partition coefficient (Wildman–Crippen LogP) is 29.5. The third-order valence-corrected chi connectivity index (χ3v) is 24.1. The van der Waals surface area contributed by atoms with Crippen LogP contribution in [0.2, 0.25) is 0 Å². The SMILES string of the molecule is c1ccc(-c2cc(-c3ccccc3)nc(-c3ccc(-n4c5ccccc5c5cc(-c6ccc7c8ccccc8n(-c8cccc9ccccc89)c7c6)ccc54)cc3)n2)cc1.c1ccc(-c2ccc(-n3c4ccccc4c4ccc(-c5ccc6c(c5)c5ccccc5n6-c5ccc(-c6nc(-c7ccccc7)cc(-c7ccccc7)n6)cc5)cc43)cc2)cc1. The molecule has 0 N–H and O–H groups in total. The van der Waals surface area contributed by atoms with Crippen LogP contribution in [0.15, 0.2) is 449 Å². The summed E-state index contributed by atoms with van der Waals surface area (Å²) in [6.07, 6.45) is 0. The van der Waals surface area contributed by atoms with Crippen LogP contribution in [0, 0.1) is 0 Å². The Labute approximate surface area is 704 Å². The minimum Gasteiger partial charge on any atom is -0.309 e. The van der Waals surface area contributed by atoms with E-state index in [9.17, 15) is 0 Å². The van der Waals surface area contributed by atoms with Gasteiger partial charge >= 0.3 is 0 Å². The molecule has 570 valence electrons. The van der Waals surface area contributed by atoms with Gasteiger partial charge in [-0.1, -0.05) is 309 Å². The van der Waals surface area contributed by atoms with Crippen LogP contribution in [0.5, 0.6) is 0 Å². The molecule has 0 bridgehead atoms. The maximum atomic E-state index is 5.08. The largest absolute Gasteiger partial charge is 0.309 e. The molecule has 0 unspecified atom stereocenters. The Morgan fingerprint density at radius 3 is 0.803 bits per heavy atom. The molecular formula is C114H74N8. The maximum absolute atomic E-state index is 5.08. The van der Waals surface area contributed by atoms with E-state index in [4.69, 9.17) is 19.9 Å². The molecule has 24 aromatic rings. The highest BCUT2D eigenvalue weighted by molar-refractivity contribution is 6.15. The molecule has 6 aromatic heterocycles. The van der Waals surface area contributed by atoms with Gasteiger partial charge in [-0.25, -0.2) is 19.9 Å². The van der Waals surface area contributed by atoms with Crippen LogP contribution < -0.4 is 0 Å². The molecule has 0 saturated heterocycles. The van der Waals surface area contributed by atoms with Crippen LogP contribution in [0.4, 0.5) is 0 Å². The number of fused-ring (bicyclic) bond motifs is 13. The highest BCUT2D eigenvalue weighted by atomic mass is 15.0. The molecule has 0 saturated carbocycles. The van der Waals surface area contributed by atoms with Crippen molar-refractivity contribution >= 4 is 98.0 Å². The molecule has 0 amide bonds. The maximum Gasteiger partial charge on any atom is 0.160 e. The first kappa shape index (κ1) is 70.9. The smallest absolute Gasteiger partial charge is 0.160 e. The molecule has 0 aliphatic heterocycles. The van der Waals surface area contributed by atoms with Gasteiger partial charge in [0.15, 0.2) is 11.6 Å². The predicted molar refractivity (Wildman–Crippen MR) is 508 cm³/mol. The third-order valence-electron chi connectivity index (χ3n) is 24.1. The van der Waals surface area contributed by atoms with Crippen molar-refractivity contribution in [3.8, 4) is 124 Å². The molecule has 0 fully saturated rings. The molecule has 6 heterocycles. The van der Waals surface area contributed by atoms with Gasteiger partial charge in [0, 0.05) is 98.9 Å². The van der Waals surface area contributed by atoms with Gasteiger partial charge in [0.05, 0.1) is 72.6 Å². The first-order valence-electron chi connectivity index (χ1n) is 41.5. The van der Waals surface area contributed by atoms with Gasteiger partial charge in [-0.3, -0.25) is 0 Å². The van der Waals surface area contributed by atoms with Crippen molar-refractivity contribution in [2.75, 3.05) is 0 Å². The lowest BCUT2D eigenvalue weighted by Gasteiger charge is -2.12. The first-order valence-corrected chi connectivity index (χ1v) is 41.5. The summed E-state index contributed by atoms with van der Waals surface area (Å²) >= 11 is 0. The number of aromatic nitrogens is 8. The standard InChI is InChI=1S/C58H38N4.C56H36N4/c1-4-14-39(15-5-1)40-24-30-47(31-25-40)62-54-22-12-10-20-48(54)50-34-28-45(37-57(50)62)44-29-35-56-51(36-44)49-21-11-13-23-55(49)61(56)46-32-26-43(27-33-46)58-59-52(41-16-6-2-7-17-41)38-53(60-58)42-18-8-3-9-19-42;1-3-15-38(16-4-1)49-36-50(39-17-5-2-6-18-39)58-56(57-49)40-26-30-43(31-27-40)59-52-23-11-10-22-46(52)48-34-41(29-33-54(48)59)42-28-32-47-45-21-9-12-24-53(45)60(55(47)35-42)51-25-13-19-37-14-7-8-20-44(37)51/h1-38H;1-36H. The average Bonchev–Trinajstić information content (AvgIpc) is 1.58. The van der Waals surface area contributed by atoms with E-state index in [0.717, 1.165) is 95.3 Å². The molecule has 0 atom stereocenters. The van der Waals surface area contributed by atoms with Gasteiger partial charge < -0.3 is 18.3 Å². The number of hydrogen-bond acceptors (Lipinski definition) is 4. The summed E-state index contributed by atoms with van der Waals surface area (Å²) in [5, 5.41) is 12.3. The van der Waals surface area contributed by atoms with Gasteiger partial charge in [0.25, 0.3) is 0 Å². The first-order chi connectivity index (χ1) is 60.5. The summed E-state index contributed by atoms with van der Waals surface area (Å²) in [7, 11) is 0. The van der Waals surface area contributed by atoms with Crippen LogP contribution in [-0.4, -0.2) is 38.2 Å². The van der Waals surface area contributed by atoms with E-state index >= 15 is 0 Å². The van der Waals surface area contributed by atoms with Crippen molar-refractivity contribution in [2.45, 2.75) is 0 Å². The molecule has 8 heteroatoms. The van der Waals surface area contributed by atoms with Crippen molar-refractivity contribution in [3.63, 3.8) is 0 Å². The fourth-order valence-corrected chi connectivity index (χ4v) is 18.2. The van der Waals surface area contributed by atoms with Gasteiger partial charge in [0.2, 0.25) is 0 Å². The number of nitrogens with zero attached hydrogens (tertiary/aromatic N) is 8. The number of rotatable bonds is 13. The normalized spacial score (nSPS) is 11.6. The fraction of sp³-hybridized carbons (Fsp3) is 0. The minimum atomic E-state index is 0.698. The molecule has 122 heavy (non-hydrogen) atoms. The molecule has 0 aliphatic rings. The third kappa shape index (κ3) is 12.6. The molecule has 18 aromatic carbocycles. The van der Waals surface area contributed by atoms with Gasteiger partial charge in [-0.2, -0.15) is 0 Å². The summed E-state index contributed by atoms with van der Waals surface area (Å²) < 4.78 is 9.59. The molecular weight excluding hydrogens is 1480 g/mol. The second-order valence-electron chi connectivity index (χ2n) is 31.2. The van der Waals surface area contributed by atoms with Crippen molar-refractivity contribution in [3.05, 3.63) is 449 Å². The van der Waals surface area contributed by atoms with Crippen molar-refractivity contribution in [1.82, 2.24) is 38.2 Å². The number of benzene rings is 18. The Morgan fingerprint density at radius 1 is 0.139 bits per heavy atom. The van der Waals surface area contributed by atoms with E-state index < -0.39 is 0 Å². The van der Waals surface area contributed by atoms with Crippen LogP contribution in [-0.2, 0) is 0 Å². The zero-order chi connectivity index (χ0) is 80.6. The van der Waals surface area contributed by atoms with Crippen LogP contribution >= 0.6 is 0 Å². The zero-order valence-electron chi connectivity index (χ0n) is 66.3. The molecule has 0 spiro atoms. The van der Waals surface area contributed by atoms with Gasteiger partial charge in [-0.05, 0) is 178 Å². The van der Waals surface area contributed by atoms with Crippen LogP contribution in [0.25, 0.3) is 222 Å². The Bertz CT molecular complexity index is 8010. The molecule has 24 rings (SSSR count).